The minimum absolute atomic E-state index is 0.179. The topological polar surface area (TPSA) is 122 Å². The van der Waals surface area contributed by atoms with Crippen LogP contribution in [-0.4, -0.2) is 54.2 Å². The number of pyridine rings is 1. The summed E-state index contributed by atoms with van der Waals surface area (Å²) in [6.45, 7) is 11.7. The summed E-state index contributed by atoms with van der Waals surface area (Å²) in [7, 11) is 0. The van der Waals surface area contributed by atoms with E-state index in [-0.39, 0.29) is 23.6 Å². The van der Waals surface area contributed by atoms with Gasteiger partial charge in [-0.2, -0.15) is 5.10 Å². The molecule has 5 aromatic rings. The van der Waals surface area contributed by atoms with Gasteiger partial charge in [0.15, 0.2) is 5.65 Å². The summed E-state index contributed by atoms with van der Waals surface area (Å²) in [4.78, 5) is 15.7. The molecule has 1 fully saturated rings. The SMILES string of the molecule is Cc1ccc(-n2nc(C(C)(C)C)cc2NC(=O)N[C@H]2CC[C@@H](Oc3ccc4nnc(N5CCC(C)(O)CC5)n4c3)c3ccccc32)cc1. The average molecular weight is 649 g/mol. The molecule has 0 saturated carbocycles. The maximum absolute atomic E-state index is 13.5. The Hall–Kier alpha value is -4.90. The van der Waals surface area contributed by atoms with Gasteiger partial charge < -0.3 is 20.1 Å². The lowest BCUT2D eigenvalue weighted by molar-refractivity contribution is 0.0348. The molecule has 0 bridgehead atoms. The smallest absolute Gasteiger partial charge is 0.320 e. The highest BCUT2D eigenvalue weighted by Crippen LogP contribution is 2.39. The number of aromatic nitrogens is 5. The molecule has 4 heterocycles. The van der Waals surface area contributed by atoms with Gasteiger partial charge in [-0.1, -0.05) is 62.7 Å². The maximum atomic E-state index is 13.5. The highest BCUT2D eigenvalue weighted by Gasteiger charge is 2.31. The van der Waals surface area contributed by atoms with Gasteiger partial charge in [-0.15, -0.1) is 10.2 Å². The van der Waals surface area contributed by atoms with Crippen molar-refractivity contribution in [2.75, 3.05) is 23.3 Å². The summed E-state index contributed by atoms with van der Waals surface area (Å²) >= 11 is 0. The first kappa shape index (κ1) is 31.7. The molecule has 1 aliphatic heterocycles. The van der Waals surface area contributed by atoms with Crippen LogP contribution in [0.2, 0.25) is 0 Å². The van der Waals surface area contributed by atoms with Crippen LogP contribution in [0.15, 0.2) is 72.9 Å². The Kier molecular flexibility index (Phi) is 8.11. The number of aryl methyl sites for hydroxylation is 1. The Bertz CT molecular complexity index is 1930. The number of carbonyl (C=O) groups excluding carboxylic acids is 1. The zero-order chi connectivity index (χ0) is 33.6. The van der Waals surface area contributed by atoms with E-state index in [0.717, 1.165) is 51.8 Å². The zero-order valence-corrected chi connectivity index (χ0v) is 28.3. The van der Waals surface area contributed by atoms with Gasteiger partial charge in [0.2, 0.25) is 5.95 Å². The van der Waals surface area contributed by atoms with Crippen LogP contribution in [0.5, 0.6) is 5.75 Å². The third-order valence-corrected chi connectivity index (χ3v) is 9.50. The van der Waals surface area contributed by atoms with E-state index in [4.69, 9.17) is 9.84 Å². The molecule has 0 spiro atoms. The van der Waals surface area contributed by atoms with E-state index >= 15 is 0 Å². The molecule has 0 unspecified atom stereocenters. The van der Waals surface area contributed by atoms with E-state index in [1.165, 1.54) is 0 Å². The van der Waals surface area contributed by atoms with Crippen LogP contribution < -0.4 is 20.3 Å². The fourth-order valence-corrected chi connectivity index (χ4v) is 6.55. The molecule has 3 aromatic heterocycles. The number of aliphatic hydroxyl groups is 1. The number of anilines is 2. The van der Waals surface area contributed by atoms with Crippen LogP contribution in [0.25, 0.3) is 11.3 Å². The Morgan fingerprint density at radius 1 is 0.979 bits per heavy atom. The number of benzene rings is 2. The zero-order valence-electron chi connectivity index (χ0n) is 28.3. The predicted molar refractivity (Wildman–Crippen MR) is 186 cm³/mol. The Morgan fingerprint density at radius 3 is 2.44 bits per heavy atom. The van der Waals surface area contributed by atoms with E-state index in [9.17, 15) is 9.90 Å². The van der Waals surface area contributed by atoms with Crippen molar-refractivity contribution in [2.45, 2.75) is 83.5 Å². The van der Waals surface area contributed by atoms with Crippen LogP contribution in [0, 0.1) is 6.92 Å². The number of ether oxygens (including phenoxy) is 1. The molecule has 2 amide bonds. The Labute approximate surface area is 280 Å². The van der Waals surface area contributed by atoms with Crippen molar-refractivity contribution in [3.05, 3.63) is 95.3 Å². The first-order valence-corrected chi connectivity index (χ1v) is 16.8. The van der Waals surface area contributed by atoms with Crippen molar-refractivity contribution in [3.8, 4) is 11.4 Å². The van der Waals surface area contributed by atoms with Gasteiger partial charge in [0.05, 0.1) is 29.2 Å². The summed E-state index contributed by atoms with van der Waals surface area (Å²) in [5.41, 5.74) is 4.94. The number of fused-ring (bicyclic) bond motifs is 2. The molecular weight excluding hydrogens is 604 g/mol. The van der Waals surface area contributed by atoms with E-state index in [1.54, 1.807) is 4.68 Å². The molecule has 48 heavy (non-hydrogen) atoms. The summed E-state index contributed by atoms with van der Waals surface area (Å²) in [6, 6.07) is 21.6. The second-order valence-electron chi connectivity index (χ2n) is 14.5. The third kappa shape index (κ3) is 6.47. The number of nitrogens with zero attached hydrogens (tertiary/aromatic N) is 6. The minimum Gasteiger partial charge on any atom is -0.484 e. The van der Waals surface area contributed by atoms with Crippen LogP contribution in [0.3, 0.4) is 0 Å². The second kappa shape index (κ2) is 12.3. The average Bonchev–Trinajstić information content (AvgIpc) is 3.67. The lowest BCUT2D eigenvalue weighted by atomic mass is 9.85. The van der Waals surface area contributed by atoms with Crippen molar-refractivity contribution in [1.82, 2.24) is 29.7 Å². The molecule has 1 saturated heterocycles. The molecule has 0 radical (unpaired) electrons. The molecule has 2 aromatic carbocycles. The van der Waals surface area contributed by atoms with Crippen molar-refractivity contribution in [2.24, 2.45) is 0 Å². The molecule has 250 valence electrons. The normalized spacial score (nSPS) is 19.2. The molecule has 11 heteroatoms. The van der Waals surface area contributed by atoms with Crippen molar-refractivity contribution in [1.29, 1.82) is 0 Å². The number of hydrogen-bond acceptors (Lipinski definition) is 7. The van der Waals surface area contributed by atoms with E-state index in [0.29, 0.717) is 38.2 Å². The number of rotatable bonds is 6. The molecule has 3 N–H and O–H groups in total. The first-order chi connectivity index (χ1) is 22.9. The predicted octanol–water partition coefficient (Wildman–Crippen LogP) is 6.65. The lowest BCUT2D eigenvalue weighted by Crippen LogP contribution is -2.43. The van der Waals surface area contributed by atoms with Gasteiger partial charge in [0, 0.05) is 24.6 Å². The largest absolute Gasteiger partial charge is 0.484 e. The van der Waals surface area contributed by atoms with Gasteiger partial charge in [-0.3, -0.25) is 9.72 Å². The number of hydrogen-bond donors (Lipinski definition) is 3. The summed E-state index contributed by atoms with van der Waals surface area (Å²) in [5, 5.41) is 30.4. The minimum atomic E-state index is -0.646. The van der Waals surface area contributed by atoms with E-state index in [2.05, 4.69) is 58.6 Å². The molecule has 7 rings (SSSR count). The van der Waals surface area contributed by atoms with Crippen molar-refractivity contribution in [3.63, 3.8) is 0 Å². The maximum Gasteiger partial charge on any atom is 0.320 e. The number of nitrogens with one attached hydrogen (secondary N) is 2. The molecule has 11 nitrogen and oxygen atoms in total. The lowest BCUT2D eigenvalue weighted by Gasteiger charge is -2.35. The van der Waals surface area contributed by atoms with Crippen LogP contribution in [0.1, 0.15) is 87.9 Å². The van der Waals surface area contributed by atoms with E-state index < -0.39 is 5.60 Å². The Morgan fingerprint density at radius 2 is 1.71 bits per heavy atom. The summed E-state index contributed by atoms with van der Waals surface area (Å²) in [5.74, 6) is 2.09. The standard InChI is InChI=1S/C37H44N8O3/c1-24-10-12-25(13-11-24)45-33(22-31(42-45)36(2,3)4)39-34(46)38-29-15-16-30(28-9-7-6-8-27(28)29)48-26-14-17-32-40-41-35(44(32)23-26)43-20-18-37(5,47)19-21-43/h6-14,17,22-23,29-30,47H,15-16,18-21H2,1-5H3,(H2,38,39,46)/t29-,30+/m0/s1. The summed E-state index contributed by atoms with van der Waals surface area (Å²) in [6.07, 6.45) is 4.57. The van der Waals surface area contributed by atoms with Gasteiger partial charge in [0.25, 0.3) is 0 Å². The van der Waals surface area contributed by atoms with Crippen molar-refractivity contribution < 1.29 is 14.6 Å². The number of piperidine rings is 1. The van der Waals surface area contributed by atoms with Crippen molar-refractivity contribution >= 4 is 23.4 Å². The highest BCUT2D eigenvalue weighted by molar-refractivity contribution is 5.89. The summed E-state index contributed by atoms with van der Waals surface area (Å²) < 4.78 is 10.4. The van der Waals surface area contributed by atoms with Gasteiger partial charge in [-0.05, 0) is 74.9 Å². The molecule has 2 aliphatic rings. The molecule has 2 atom stereocenters. The fourth-order valence-electron chi connectivity index (χ4n) is 6.55. The van der Waals surface area contributed by atoms with Gasteiger partial charge in [0.1, 0.15) is 17.7 Å². The fraction of sp³-hybridized carbons (Fsp3) is 0.405. The van der Waals surface area contributed by atoms with Crippen LogP contribution in [0.4, 0.5) is 16.6 Å². The number of carbonyl (C=O) groups is 1. The first-order valence-electron chi connectivity index (χ1n) is 16.8. The van der Waals surface area contributed by atoms with E-state index in [1.807, 2.05) is 79.0 Å². The van der Waals surface area contributed by atoms with Crippen LogP contribution >= 0.6 is 0 Å². The number of amides is 2. The van der Waals surface area contributed by atoms with Gasteiger partial charge >= 0.3 is 6.03 Å². The quantitative estimate of drug-likeness (QED) is 0.189. The molecular formula is C37H44N8O3. The van der Waals surface area contributed by atoms with Crippen LogP contribution in [-0.2, 0) is 5.41 Å². The Balaban J connectivity index is 1.08. The highest BCUT2D eigenvalue weighted by atomic mass is 16.5. The second-order valence-corrected chi connectivity index (χ2v) is 14.5. The third-order valence-electron chi connectivity index (χ3n) is 9.50. The number of urea groups is 1. The monoisotopic (exact) mass is 648 g/mol. The molecule has 1 aliphatic carbocycles. The van der Waals surface area contributed by atoms with Gasteiger partial charge in [-0.25, -0.2) is 9.48 Å².